The van der Waals surface area contributed by atoms with Gasteiger partial charge in [-0.15, -0.1) is 10.2 Å². The van der Waals surface area contributed by atoms with E-state index in [0.717, 1.165) is 41.9 Å². The number of nitrogens with one attached hydrogen (secondary N) is 1. The molecule has 1 saturated carbocycles. The Balaban J connectivity index is 1.83. The predicted molar refractivity (Wildman–Crippen MR) is 82.1 cm³/mol. The third-order valence-electron chi connectivity index (χ3n) is 5.00. The molecule has 0 radical (unpaired) electrons. The molecule has 1 fully saturated rings. The molecule has 1 aliphatic carbocycles. The Labute approximate surface area is 128 Å². The second-order valence-corrected chi connectivity index (χ2v) is 6.20. The lowest BCUT2D eigenvalue weighted by molar-refractivity contribution is 0.445. The first-order valence-corrected chi connectivity index (χ1v) is 7.85. The van der Waals surface area contributed by atoms with Gasteiger partial charge in [-0.2, -0.15) is 5.26 Å². The van der Waals surface area contributed by atoms with E-state index in [4.69, 9.17) is 5.26 Å². The molecule has 3 aromatic rings. The van der Waals surface area contributed by atoms with Crippen LogP contribution in [0.15, 0.2) is 18.5 Å². The average Bonchev–Trinajstić information content (AvgIpc) is 3.23. The number of aromatic nitrogens is 5. The third kappa shape index (κ3) is 1.89. The number of H-pyrrole nitrogens is 1. The molecule has 0 bridgehead atoms. The van der Waals surface area contributed by atoms with Gasteiger partial charge >= 0.3 is 0 Å². The van der Waals surface area contributed by atoms with Crippen LogP contribution in [-0.2, 0) is 0 Å². The Bertz CT molecular complexity index is 854. The molecule has 3 heterocycles. The van der Waals surface area contributed by atoms with Crippen LogP contribution in [0.5, 0.6) is 0 Å². The molecule has 0 aliphatic heterocycles. The summed E-state index contributed by atoms with van der Waals surface area (Å²) in [6, 6.07) is 4.34. The van der Waals surface area contributed by atoms with Crippen LogP contribution in [-0.4, -0.2) is 24.6 Å². The molecule has 6 nitrogen and oxygen atoms in total. The zero-order valence-electron chi connectivity index (χ0n) is 12.5. The topological polar surface area (TPSA) is 82.7 Å². The Morgan fingerprint density at radius 1 is 1.41 bits per heavy atom. The van der Waals surface area contributed by atoms with E-state index in [1.807, 2.05) is 12.3 Å². The van der Waals surface area contributed by atoms with Gasteiger partial charge < -0.3 is 4.98 Å². The van der Waals surface area contributed by atoms with E-state index in [2.05, 4.69) is 37.6 Å². The molecule has 0 aromatic carbocycles. The van der Waals surface area contributed by atoms with Gasteiger partial charge in [0.15, 0.2) is 11.3 Å². The summed E-state index contributed by atoms with van der Waals surface area (Å²) in [7, 11) is 0. The van der Waals surface area contributed by atoms with E-state index in [-0.39, 0.29) is 0 Å². The van der Waals surface area contributed by atoms with Crippen LogP contribution in [0.3, 0.4) is 0 Å². The van der Waals surface area contributed by atoms with Crippen molar-refractivity contribution in [3.8, 4) is 6.07 Å². The number of nitriles is 1. The summed E-state index contributed by atoms with van der Waals surface area (Å²) in [6.45, 7) is 2.23. The Morgan fingerprint density at radius 3 is 3.14 bits per heavy atom. The van der Waals surface area contributed by atoms with Gasteiger partial charge in [-0.1, -0.05) is 13.3 Å². The van der Waals surface area contributed by atoms with Crippen molar-refractivity contribution < 1.29 is 0 Å². The van der Waals surface area contributed by atoms with Gasteiger partial charge in [0, 0.05) is 18.5 Å². The first-order valence-electron chi connectivity index (χ1n) is 7.85. The number of hydrogen-bond donors (Lipinski definition) is 1. The average molecular weight is 294 g/mol. The second-order valence-electron chi connectivity index (χ2n) is 6.20. The monoisotopic (exact) mass is 294 g/mol. The molecule has 1 aliphatic rings. The van der Waals surface area contributed by atoms with Crippen molar-refractivity contribution >= 4 is 16.8 Å². The quantitative estimate of drug-likeness (QED) is 0.804. The predicted octanol–water partition coefficient (Wildman–Crippen LogP) is 3.04. The zero-order valence-corrected chi connectivity index (χ0v) is 12.5. The summed E-state index contributed by atoms with van der Waals surface area (Å²) in [5, 5.41) is 17.8. The van der Waals surface area contributed by atoms with Gasteiger partial charge in [-0.3, -0.25) is 4.40 Å². The molecule has 0 unspecified atom stereocenters. The van der Waals surface area contributed by atoms with E-state index in [1.165, 1.54) is 0 Å². The maximum atomic E-state index is 8.99. The van der Waals surface area contributed by atoms with Gasteiger partial charge in [0.05, 0.1) is 17.8 Å². The Kier molecular flexibility index (Phi) is 3.07. The van der Waals surface area contributed by atoms with Gasteiger partial charge in [0.1, 0.15) is 5.82 Å². The molecule has 0 amide bonds. The summed E-state index contributed by atoms with van der Waals surface area (Å²) < 4.78 is 2.13. The fraction of sp³-hybridized carbons (Fsp3) is 0.500. The zero-order chi connectivity index (χ0) is 15.1. The van der Waals surface area contributed by atoms with E-state index in [0.29, 0.717) is 24.2 Å². The molecule has 0 saturated heterocycles. The van der Waals surface area contributed by atoms with Gasteiger partial charge in [0.2, 0.25) is 0 Å². The van der Waals surface area contributed by atoms with Crippen molar-refractivity contribution in [2.24, 2.45) is 11.8 Å². The van der Waals surface area contributed by atoms with Gasteiger partial charge in [-0.25, -0.2) is 4.98 Å². The molecule has 6 heteroatoms. The smallest absolute Gasteiger partial charge is 0.179 e. The maximum absolute atomic E-state index is 8.99. The number of nitrogens with zero attached hydrogens (tertiary/aromatic N) is 5. The van der Waals surface area contributed by atoms with Crippen molar-refractivity contribution in [2.45, 2.75) is 38.5 Å². The number of fused-ring (bicyclic) bond motifs is 3. The molecule has 3 atom stereocenters. The van der Waals surface area contributed by atoms with E-state index in [9.17, 15) is 0 Å². The summed E-state index contributed by atoms with van der Waals surface area (Å²) in [5.41, 5.74) is 2.67. The fourth-order valence-electron chi connectivity index (χ4n) is 3.94. The molecular weight excluding hydrogens is 276 g/mol. The van der Waals surface area contributed by atoms with Crippen LogP contribution in [0, 0.1) is 23.2 Å². The fourth-order valence-corrected chi connectivity index (χ4v) is 3.94. The highest BCUT2D eigenvalue weighted by Crippen LogP contribution is 2.45. The molecule has 22 heavy (non-hydrogen) atoms. The summed E-state index contributed by atoms with van der Waals surface area (Å²) in [4.78, 5) is 7.51. The van der Waals surface area contributed by atoms with Crippen molar-refractivity contribution in [3.63, 3.8) is 0 Å². The largest absolute Gasteiger partial charge is 0.345 e. The van der Waals surface area contributed by atoms with Crippen LogP contribution in [0.2, 0.25) is 0 Å². The number of rotatable bonds is 3. The lowest BCUT2D eigenvalue weighted by Crippen LogP contribution is -2.09. The second kappa shape index (κ2) is 5.09. The highest BCUT2D eigenvalue weighted by Gasteiger charge is 2.36. The van der Waals surface area contributed by atoms with Gasteiger partial charge in [0.25, 0.3) is 0 Å². The summed E-state index contributed by atoms with van der Waals surface area (Å²) >= 11 is 0. The van der Waals surface area contributed by atoms with Crippen LogP contribution in [0.4, 0.5) is 0 Å². The van der Waals surface area contributed by atoms with E-state index < -0.39 is 0 Å². The first-order chi connectivity index (χ1) is 10.8. The van der Waals surface area contributed by atoms with E-state index >= 15 is 0 Å². The lowest BCUT2D eigenvalue weighted by atomic mass is 9.93. The highest BCUT2D eigenvalue weighted by atomic mass is 15.3. The highest BCUT2D eigenvalue weighted by molar-refractivity contribution is 5.74. The van der Waals surface area contributed by atoms with Crippen molar-refractivity contribution in [1.82, 2.24) is 24.6 Å². The van der Waals surface area contributed by atoms with Crippen LogP contribution >= 0.6 is 0 Å². The van der Waals surface area contributed by atoms with Crippen molar-refractivity contribution in [1.29, 1.82) is 5.26 Å². The third-order valence-corrected chi connectivity index (χ3v) is 5.00. The van der Waals surface area contributed by atoms with Gasteiger partial charge in [-0.05, 0) is 30.7 Å². The molecule has 112 valence electrons. The minimum absolute atomic E-state index is 0.374. The maximum Gasteiger partial charge on any atom is 0.179 e. The van der Waals surface area contributed by atoms with Crippen LogP contribution < -0.4 is 0 Å². The molecule has 0 spiro atoms. The number of aromatic amines is 1. The van der Waals surface area contributed by atoms with E-state index in [1.54, 1.807) is 6.20 Å². The van der Waals surface area contributed by atoms with Crippen molar-refractivity contribution in [3.05, 3.63) is 24.3 Å². The normalized spacial score (nSPS) is 25.0. The summed E-state index contributed by atoms with van der Waals surface area (Å²) in [6.07, 6.45) is 7.56. The SMILES string of the molecule is CC[C@@H]1C[C@@H](CC#N)C[C@@H]1c1nnc2cnc3[nH]ccc3n12. The first kappa shape index (κ1) is 13.3. The number of hydrogen-bond acceptors (Lipinski definition) is 4. The van der Waals surface area contributed by atoms with Crippen molar-refractivity contribution in [2.75, 3.05) is 0 Å². The lowest BCUT2D eigenvalue weighted by Gasteiger charge is -2.16. The van der Waals surface area contributed by atoms with Crippen LogP contribution in [0.25, 0.3) is 16.8 Å². The molecular formula is C16H18N6. The molecule has 1 N–H and O–H groups in total. The summed E-state index contributed by atoms with van der Waals surface area (Å²) in [5.74, 6) is 2.46. The Hall–Kier alpha value is -2.42. The minimum atomic E-state index is 0.374. The standard InChI is InChI=1S/C16H18N6/c1-2-11-7-10(3-5-17)8-12(11)16-21-20-14-9-19-15-13(22(14)16)4-6-18-15/h4,6,9-12,18H,2-3,7-8H2,1H3/t10-,11-,12+/m1/s1. The minimum Gasteiger partial charge on any atom is -0.345 e. The van der Waals surface area contributed by atoms with Crippen LogP contribution in [0.1, 0.15) is 44.3 Å². The Morgan fingerprint density at radius 2 is 2.32 bits per heavy atom. The molecule has 4 rings (SSSR count). The molecule has 3 aromatic heterocycles.